The predicted octanol–water partition coefficient (Wildman–Crippen LogP) is 4.26. The number of halogens is 1. The molecule has 2 aromatic rings. The van der Waals surface area contributed by atoms with Crippen molar-refractivity contribution in [1.82, 2.24) is 0 Å². The Morgan fingerprint density at radius 3 is 2.67 bits per heavy atom. The van der Waals surface area contributed by atoms with Crippen molar-refractivity contribution in [2.75, 3.05) is 13.7 Å². The highest BCUT2D eigenvalue weighted by Crippen LogP contribution is 2.43. The van der Waals surface area contributed by atoms with E-state index in [0.29, 0.717) is 13.2 Å². The van der Waals surface area contributed by atoms with Crippen molar-refractivity contribution in [3.63, 3.8) is 0 Å². The zero-order valence-electron chi connectivity index (χ0n) is 15.8. The topological polar surface area (TPSA) is 46.2 Å². The Balaban J connectivity index is 1.42. The van der Waals surface area contributed by atoms with E-state index in [-0.39, 0.29) is 28.5 Å². The van der Waals surface area contributed by atoms with Gasteiger partial charge in [0.1, 0.15) is 16.3 Å². The number of benzene rings is 2. The van der Waals surface area contributed by atoms with Crippen LogP contribution in [0.15, 0.2) is 42.5 Å². The summed E-state index contributed by atoms with van der Waals surface area (Å²) in [5.41, 5.74) is 1.16. The number of fused-ring (bicyclic) bond motifs is 2. The molecule has 0 aliphatic carbocycles. The molecule has 5 nitrogen and oxygen atoms in total. The molecule has 6 heteroatoms. The second-order valence-corrected chi connectivity index (χ2v) is 8.74. The molecule has 2 aromatic carbocycles. The van der Waals surface area contributed by atoms with Gasteiger partial charge in [0.25, 0.3) is 0 Å². The summed E-state index contributed by atoms with van der Waals surface area (Å²) in [5, 5.41) is 2.46. The third-order valence-corrected chi connectivity index (χ3v) is 6.32. The van der Waals surface area contributed by atoms with E-state index in [2.05, 4.69) is 65.1 Å². The van der Waals surface area contributed by atoms with Crippen molar-refractivity contribution in [3.05, 3.63) is 48.0 Å². The summed E-state index contributed by atoms with van der Waals surface area (Å²) in [6.07, 6.45) is -0.640. The molecular formula is C21H25IO5. The van der Waals surface area contributed by atoms with Crippen molar-refractivity contribution in [2.45, 2.75) is 48.9 Å². The fourth-order valence-corrected chi connectivity index (χ4v) is 4.52. The van der Waals surface area contributed by atoms with E-state index in [4.69, 9.17) is 23.7 Å². The van der Waals surface area contributed by atoms with E-state index in [0.717, 1.165) is 5.56 Å². The molecule has 0 amide bonds. The lowest BCUT2D eigenvalue weighted by atomic mass is 10.00. The molecule has 0 radical (unpaired) electrons. The second-order valence-electron chi connectivity index (χ2n) is 7.52. The smallest absolute Gasteiger partial charge is 0.188 e. The molecule has 1 unspecified atom stereocenters. The van der Waals surface area contributed by atoms with Gasteiger partial charge >= 0.3 is 0 Å². The van der Waals surface area contributed by atoms with Crippen LogP contribution in [0.1, 0.15) is 19.4 Å². The number of hydrogen-bond donors (Lipinski definition) is 0. The largest absolute Gasteiger partial charge is 0.376 e. The fraction of sp³-hybridized carbons (Fsp3) is 0.524. The number of hydrogen-bond acceptors (Lipinski definition) is 5. The molecular weight excluding hydrogens is 459 g/mol. The second kappa shape index (κ2) is 7.93. The predicted molar refractivity (Wildman–Crippen MR) is 111 cm³/mol. The summed E-state index contributed by atoms with van der Waals surface area (Å²) < 4.78 is 29.5. The van der Waals surface area contributed by atoms with E-state index >= 15 is 0 Å². The highest BCUT2D eigenvalue weighted by molar-refractivity contribution is 14.1. The van der Waals surface area contributed by atoms with Crippen LogP contribution < -0.4 is 0 Å². The Labute approximate surface area is 173 Å². The van der Waals surface area contributed by atoms with Crippen molar-refractivity contribution in [1.29, 1.82) is 0 Å². The van der Waals surface area contributed by atoms with Gasteiger partial charge in [0.05, 0.1) is 13.2 Å². The van der Waals surface area contributed by atoms with Gasteiger partial charge in [-0.15, -0.1) is 0 Å². The average molecular weight is 484 g/mol. The van der Waals surface area contributed by atoms with Gasteiger partial charge < -0.3 is 23.7 Å². The lowest BCUT2D eigenvalue weighted by molar-refractivity contribution is -0.217. The Morgan fingerprint density at radius 1 is 1.11 bits per heavy atom. The molecule has 0 saturated carbocycles. The molecule has 5 atom stereocenters. The summed E-state index contributed by atoms with van der Waals surface area (Å²) in [5.74, 6) is -0.579. The van der Waals surface area contributed by atoms with E-state index < -0.39 is 5.79 Å². The molecule has 2 heterocycles. The van der Waals surface area contributed by atoms with E-state index in [1.807, 2.05) is 13.8 Å². The van der Waals surface area contributed by atoms with Crippen LogP contribution in [0.4, 0.5) is 0 Å². The minimum absolute atomic E-state index is 0.0547. The monoisotopic (exact) mass is 484 g/mol. The van der Waals surface area contributed by atoms with Gasteiger partial charge in [0.15, 0.2) is 12.1 Å². The lowest BCUT2D eigenvalue weighted by Crippen LogP contribution is -2.37. The minimum Gasteiger partial charge on any atom is -0.376 e. The summed E-state index contributed by atoms with van der Waals surface area (Å²) in [4.78, 5) is 0. The van der Waals surface area contributed by atoms with Crippen molar-refractivity contribution in [3.8, 4) is 0 Å². The SMILES string of the molecule is CO[C@H](I)C1O[C@@H]2OC(C)(C)O[C@@H]2[C@@H]1COCc1ccc2ccccc2c1. The van der Waals surface area contributed by atoms with E-state index in [9.17, 15) is 0 Å². The normalized spacial score (nSPS) is 30.5. The van der Waals surface area contributed by atoms with Crippen molar-refractivity contribution in [2.24, 2.45) is 5.92 Å². The van der Waals surface area contributed by atoms with E-state index in [1.54, 1.807) is 7.11 Å². The lowest BCUT2D eigenvalue weighted by Gasteiger charge is -2.27. The van der Waals surface area contributed by atoms with Gasteiger partial charge in [0, 0.05) is 13.0 Å². The Bertz CT molecular complexity index is 795. The standard InChI is InChI=1S/C21H25IO5/c1-21(2)26-18-16(17(19(22)23-3)25-20(18)27-21)12-24-11-13-8-9-14-6-4-5-7-15(14)10-13/h4-10,16-20H,11-12H2,1-3H3/t16-,17?,18-,19+,20-/m1/s1. The number of methoxy groups -OCH3 is 1. The van der Waals surface area contributed by atoms with Crippen LogP contribution in [0.3, 0.4) is 0 Å². The van der Waals surface area contributed by atoms with Crippen molar-refractivity contribution >= 4 is 33.4 Å². The van der Waals surface area contributed by atoms with Gasteiger partial charge in [-0.2, -0.15) is 0 Å². The summed E-state index contributed by atoms with van der Waals surface area (Å²) >= 11 is 2.25. The highest BCUT2D eigenvalue weighted by Gasteiger charge is 2.56. The number of rotatable bonds is 6. The maximum absolute atomic E-state index is 6.09. The molecule has 0 aromatic heterocycles. The first-order chi connectivity index (χ1) is 13.0. The summed E-state index contributed by atoms with van der Waals surface area (Å²) in [6.45, 7) is 4.90. The fourth-order valence-electron chi connectivity index (χ4n) is 3.82. The molecule has 2 aliphatic rings. The number of alkyl halides is 1. The van der Waals surface area contributed by atoms with Crippen molar-refractivity contribution < 1.29 is 23.7 Å². The van der Waals surface area contributed by atoms with Crippen LogP contribution in [-0.4, -0.2) is 42.1 Å². The third kappa shape index (κ3) is 4.16. The van der Waals surface area contributed by atoms with Crippen LogP contribution >= 0.6 is 22.6 Å². The van der Waals surface area contributed by atoms with Crippen LogP contribution in [0.2, 0.25) is 0 Å². The zero-order chi connectivity index (χ0) is 19.0. The first-order valence-electron chi connectivity index (χ1n) is 9.20. The Morgan fingerprint density at radius 2 is 1.89 bits per heavy atom. The average Bonchev–Trinajstić information content (AvgIpc) is 3.13. The van der Waals surface area contributed by atoms with Crippen LogP contribution in [-0.2, 0) is 30.3 Å². The summed E-state index contributed by atoms with van der Waals surface area (Å²) in [6, 6.07) is 14.8. The van der Waals surface area contributed by atoms with Gasteiger partial charge in [-0.25, -0.2) is 0 Å². The van der Waals surface area contributed by atoms with Gasteiger partial charge in [-0.1, -0.05) is 36.4 Å². The molecule has 4 rings (SSSR count). The first kappa shape index (κ1) is 19.5. The molecule has 2 saturated heterocycles. The van der Waals surface area contributed by atoms with Gasteiger partial charge in [-0.05, 0) is 58.8 Å². The van der Waals surface area contributed by atoms with Gasteiger partial charge in [-0.3, -0.25) is 0 Å². The quantitative estimate of drug-likeness (QED) is 0.453. The maximum Gasteiger partial charge on any atom is 0.188 e. The number of ether oxygens (including phenoxy) is 5. The third-order valence-electron chi connectivity index (χ3n) is 5.10. The summed E-state index contributed by atoms with van der Waals surface area (Å²) in [7, 11) is 1.69. The maximum atomic E-state index is 6.09. The molecule has 0 spiro atoms. The molecule has 2 aliphatic heterocycles. The molecule has 0 N–H and O–H groups in total. The Kier molecular flexibility index (Phi) is 5.74. The molecule has 146 valence electrons. The van der Waals surface area contributed by atoms with Crippen LogP contribution in [0.5, 0.6) is 0 Å². The highest BCUT2D eigenvalue weighted by atomic mass is 127. The van der Waals surface area contributed by atoms with Gasteiger partial charge in [0.2, 0.25) is 0 Å². The molecule has 2 fully saturated rings. The first-order valence-corrected chi connectivity index (χ1v) is 10.4. The van der Waals surface area contributed by atoms with Crippen LogP contribution in [0, 0.1) is 5.92 Å². The minimum atomic E-state index is -0.634. The van der Waals surface area contributed by atoms with Crippen LogP contribution in [0.25, 0.3) is 10.8 Å². The molecule has 0 bridgehead atoms. The zero-order valence-corrected chi connectivity index (χ0v) is 17.9. The van der Waals surface area contributed by atoms with E-state index in [1.165, 1.54) is 10.8 Å². The Hall–Kier alpha value is -0.770. The molecule has 27 heavy (non-hydrogen) atoms.